The van der Waals surface area contributed by atoms with Crippen LogP contribution in [0, 0.1) is 11.3 Å². The van der Waals surface area contributed by atoms with Crippen LogP contribution in [0.15, 0.2) is 4.99 Å². The van der Waals surface area contributed by atoms with Crippen LogP contribution in [0.3, 0.4) is 0 Å². The molecule has 0 aliphatic rings. The summed E-state index contributed by atoms with van der Waals surface area (Å²) in [7, 11) is 0. The first-order chi connectivity index (χ1) is 5.07. The highest BCUT2D eigenvalue weighted by atomic mass is 15.1. The van der Waals surface area contributed by atoms with Crippen molar-refractivity contribution in [2.75, 3.05) is 6.54 Å². The molecule has 0 rings (SSSR count). The van der Waals surface area contributed by atoms with Gasteiger partial charge in [-0.05, 0) is 19.8 Å². The molecule has 2 N–H and O–H groups in total. The van der Waals surface area contributed by atoms with Gasteiger partial charge in [-0.2, -0.15) is 0 Å². The quantitative estimate of drug-likeness (QED) is 0.462. The summed E-state index contributed by atoms with van der Waals surface area (Å²) >= 11 is 0. The van der Waals surface area contributed by atoms with E-state index in [9.17, 15) is 0 Å². The Bertz CT molecular complexity index is 159. The lowest BCUT2D eigenvalue weighted by Gasteiger charge is -2.04. The Hall–Kier alpha value is -0.860. The van der Waals surface area contributed by atoms with Crippen molar-refractivity contribution in [2.45, 2.75) is 27.7 Å². The third-order valence-electron chi connectivity index (χ3n) is 1.47. The Labute approximate surface area is 68.4 Å². The lowest BCUT2D eigenvalue weighted by molar-refractivity contribution is 0.873. The number of aliphatic imine (C=N–C) groups is 1. The van der Waals surface area contributed by atoms with Crippen molar-refractivity contribution in [3.05, 3.63) is 0 Å². The average Bonchev–Trinajstić information content (AvgIpc) is 1.87. The van der Waals surface area contributed by atoms with Gasteiger partial charge in [0.2, 0.25) is 5.96 Å². The second-order valence-electron chi connectivity index (χ2n) is 2.79. The lowest BCUT2D eigenvalue weighted by Crippen LogP contribution is -2.21. The van der Waals surface area contributed by atoms with Crippen molar-refractivity contribution in [3.8, 4) is 0 Å². The molecule has 3 heteroatoms. The molecule has 0 spiro atoms. The van der Waals surface area contributed by atoms with E-state index in [1.165, 1.54) is 0 Å². The van der Waals surface area contributed by atoms with Gasteiger partial charge in [-0.3, -0.25) is 5.41 Å². The Kier molecular flexibility index (Phi) is 4.50. The summed E-state index contributed by atoms with van der Waals surface area (Å²) < 4.78 is 0. The maximum absolute atomic E-state index is 7.31. The van der Waals surface area contributed by atoms with E-state index in [0.717, 1.165) is 12.3 Å². The van der Waals surface area contributed by atoms with Crippen LogP contribution in [0.1, 0.15) is 27.7 Å². The Morgan fingerprint density at radius 3 is 2.45 bits per heavy atom. The number of nitrogens with zero attached hydrogens (tertiary/aromatic N) is 1. The number of hydrogen-bond donors (Lipinski definition) is 2. The first-order valence-electron chi connectivity index (χ1n) is 3.95. The molecule has 0 saturated carbocycles. The van der Waals surface area contributed by atoms with E-state index in [4.69, 9.17) is 5.41 Å². The van der Waals surface area contributed by atoms with Crippen molar-refractivity contribution >= 4 is 11.7 Å². The van der Waals surface area contributed by atoms with Gasteiger partial charge in [-0.1, -0.05) is 13.8 Å². The van der Waals surface area contributed by atoms with Gasteiger partial charge in [0, 0.05) is 12.3 Å². The third-order valence-corrected chi connectivity index (χ3v) is 1.47. The molecule has 3 nitrogen and oxygen atoms in total. The van der Waals surface area contributed by atoms with Crippen LogP contribution >= 0.6 is 0 Å². The van der Waals surface area contributed by atoms with E-state index in [1.54, 1.807) is 0 Å². The maximum Gasteiger partial charge on any atom is 0.214 e. The average molecular weight is 155 g/mol. The summed E-state index contributed by atoms with van der Waals surface area (Å²) in [5.41, 5.74) is 0.996. The monoisotopic (exact) mass is 155 g/mol. The largest absolute Gasteiger partial charge is 0.355 e. The molecule has 0 radical (unpaired) electrons. The van der Waals surface area contributed by atoms with Crippen LogP contribution in [0.2, 0.25) is 0 Å². The van der Waals surface area contributed by atoms with Crippen LogP contribution in [0.5, 0.6) is 0 Å². The second-order valence-corrected chi connectivity index (χ2v) is 2.79. The molecular formula is C8H17N3. The van der Waals surface area contributed by atoms with Gasteiger partial charge in [-0.15, -0.1) is 0 Å². The van der Waals surface area contributed by atoms with Gasteiger partial charge in [0.05, 0.1) is 0 Å². The molecule has 0 heterocycles. The predicted octanol–water partition coefficient (Wildman–Crippen LogP) is 1.65. The molecule has 0 fully saturated rings. The van der Waals surface area contributed by atoms with Gasteiger partial charge < -0.3 is 5.32 Å². The van der Waals surface area contributed by atoms with Crippen LogP contribution in [-0.4, -0.2) is 18.2 Å². The zero-order valence-electron chi connectivity index (χ0n) is 7.73. The smallest absolute Gasteiger partial charge is 0.214 e. The van der Waals surface area contributed by atoms with Crippen LogP contribution in [0.25, 0.3) is 0 Å². The van der Waals surface area contributed by atoms with Gasteiger partial charge in [0.25, 0.3) is 0 Å². The van der Waals surface area contributed by atoms with Crippen molar-refractivity contribution in [2.24, 2.45) is 10.9 Å². The van der Waals surface area contributed by atoms with Gasteiger partial charge in [0.1, 0.15) is 0 Å². The first-order valence-corrected chi connectivity index (χ1v) is 3.95. The maximum atomic E-state index is 7.31. The number of rotatable bonds is 2. The number of hydrogen-bond acceptors (Lipinski definition) is 1. The van der Waals surface area contributed by atoms with Crippen molar-refractivity contribution < 1.29 is 0 Å². The molecular weight excluding hydrogens is 138 g/mol. The highest BCUT2D eigenvalue weighted by molar-refractivity contribution is 5.95. The van der Waals surface area contributed by atoms with Crippen LogP contribution in [0.4, 0.5) is 0 Å². The molecule has 64 valence electrons. The summed E-state index contributed by atoms with van der Waals surface area (Å²) in [6.45, 7) is 8.79. The molecule has 11 heavy (non-hydrogen) atoms. The lowest BCUT2D eigenvalue weighted by atomic mass is 10.1. The molecule has 0 saturated heterocycles. The van der Waals surface area contributed by atoms with E-state index >= 15 is 0 Å². The van der Waals surface area contributed by atoms with E-state index < -0.39 is 0 Å². The molecule has 0 aromatic carbocycles. The van der Waals surface area contributed by atoms with E-state index in [2.05, 4.69) is 24.2 Å². The molecule has 0 aliphatic heterocycles. The highest BCUT2D eigenvalue weighted by Gasteiger charge is 1.98. The highest BCUT2D eigenvalue weighted by Crippen LogP contribution is 1.95. The van der Waals surface area contributed by atoms with Crippen LogP contribution in [-0.2, 0) is 0 Å². The molecule has 0 aromatic heterocycles. The Morgan fingerprint density at radius 1 is 1.55 bits per heavy atom. The second kappa shape index (κ2) is 4.88. The summed E-state index contributed by atoms with van der Waals surface area (Å²) in [4.78, 5) is 4.06. The molecule has 0 aromatic rings. The van der Waals surface area contributed by atoms with Crippen molar-refractivity contribution in [1.29, 1.82) is 5.41 Å². The molecule has 0 atom stereocenters. The molecule has 0 unspecified atom stereocenters. The van der Waals surface area contributed by atoms with Gasteiger partial charge in [0.15, 0.2) is 0 Å². The van der Waals surface area contributed by atoms with Gasteiger partial charge in [-0.25, -0.2) is 4.99 Å². The third kappa shape index (κ3) is 4.53. The van der Waals surface area contributed by atoms with E-state index in [1.807, 2.05) is 13.8 Å². The predicted molar refractivity (Wildman–Crippen MR) is 49.4 cm³/mol. The summed E-state index contributed by atoms with van der Waals surface area (Å²) in [5.74, 6) is 0.688. The SMILES string of the molecule is CCNC(=N)/N=C(/C)C(C)C. The van der Waals surface area contributed by atoms with Crippen LogP contribution < -0.4 is 5.32 Å². The fourth-order valence-electron chi connectivity index (χ4n) is 0.512. The minimum absolute atomic E-state index is 0.263. The zero-order chi connectivity index (χ0) is 8.85. The van der Waals surface area contributed by atoms with E-state index in [0.29, 0.717) is 5.92 Å². The number of guanidine groups is 1. The molecule has 0 bridgehead atoms. The Balaban J connectivity index is 3.97. The fourth-order valence-corrected chi connectivity index (χ4v) is 0.512. The molecule has 0 aliphatic carbocycles. The molecule has 0 amide bonds. The Morgan fingerprint density at radius 2 is 2.09 bits per heavy atom. The first kappa shape index (κ1) is 10.1. The summed E-state index contributed by atoms with van der Waals surface area (Å²) in [6, 6.07) is 0. The minimum Gasteiger partial charge on any atom is -0.355 e. The minimum atomic E-state index is 0.263. The van der Waals surface area contributed by atoms with Crippen molar-refractivity contribution in [1.82, 2.24) is 5.32 Å². The zero-order valence-corrected chi connectivity index (χ0v) is 7.73. The fraction of sp³-hybridized carbons (Fsp3) is 0.750. The summed E-state index contributed by atoms with van der Waals surface area (Å²) in [6.07, 6.45) is 0. The normalized spacial score (nSPS) is 11.9. The van der Waals surface area contributed by atoms with Gasteiger partial charge >= 0.3 is 0 Å². The topological polar surface area (TPSA) is 48.2 Å². The summed E-state index contributed by atoms with van der Waals surface area (Å²) in [5, 5.41) is 10.1. The van der Waals surface area contributed by atoms with E-state index in [-0.39, 0.29) is 5.96 Å². The number of nitrogens with one attached hydrogen (secondary N) is 2. The standard InChI is InChI=1S/C8H17N3/c1-5-10-8(9)11-7(4)6(2)3/h6H,5H2,1-4H3,(H2,9,10)/b11-7-. The van der Waals surface area contributed by atoms with Crippen molar-refractivity contribution in [3.63, 3.8) is 0 Å².